The lowest BCUT2D eigenvalue weighted by molar-refractivity contribution is 0.0907. The summed E-state index contributed by atoms with van der Waals surface area (Å²) < 4.78 is 7.45. The molecule has 9 nitrogen and oxygen atoms in total. The molecule has 0 unspecified atom stereocenters. The van der Waals surface area contributed by atoms with E-state index < -0.39 is 0 Å². The van der Waals surface area contributed by atoms with Gasteiger partial charge >= 0.3 is 0 Å². The van der Waals surface area contributed by atoms with Crippen LogP contribution in [-0.4, -0.2) is 50.4 Å². The normalized spacial score (nSPS) is 16.5. The average molecular weight is 492 g/mol. The number of carbonyl (C=O) groups excluding carboxylic acids is 2. The smallest absolute Gasteiger partial charge is 0.288 e. The number of amides is 2. The molecule has 1 aromatic carbocycles. The summed E-state index contributed by atoms with van der Waals surface area (Å²) in [6.07, 6.45) is 10.5. The maximum absolute atomic E-state index is 13.0. The number of rotatable bonds is 9. The minimum Gasteiger partial charge on any atom is -0.431 e. The minimum absolute atomic E-state index is 0.0230. The fourth-order valence-electron chi connectivity index (χ4n) is 5.11. The van der Waals surface area contributed by atoms with Gasteiger partial charge in [0.15, 0.2) is 0 Å². The maximum Gasteiger partial charge on any atom is 0.288 e. The van der Waals surface area contributed by atoms with Gasteiger partial charge in [0.1, 0.15) is 5.69 Å². The fraction of sp³-hybridized carbons (Fsp3) is 0.481. The molecular formula is C27H33N5O4. The van der Waals surface area contributed by atoms with Crippen LogP contribution in [0.2, 0.25) is 0 Å². The Kier molecular flexibility index (Phi) is 7.46. The van der Waals surface area contributed by atoms with Crippen molar-refractivity contribution in [3.8, 4) is 22.7 Å². The van der Waals surface area contributed by atoms with Crippen LogP contribution in [0.3, 0.4) is 0 Å². The summed E-state index contributed by atoms with van der Waals surface area (Å²) in [5.74, 6) is 0.173. The molecule has 5 rings (SSSR count). The molecule has 0 atom stereocenters. The second kappa shape index (κ2) is 11.1. The summed E-state index contributed by atoms with van der Waals surface area (Å²) in [5.41, 5.74) is 2.66. The summed E-state index contributed by atoms with van der Waals surface area (Å²) in [4.78, 5) is 29.9. The Hall–Kier alpha value is -3.46. The quantitative estimate of drug-likeness (QED) is 0.417. The molecule has 2 aliphatic rings. The summed E-state index contributed by atoms with van der Waals surface area (Å²) in [6, 6.07) is 9.74. The van der Waals surface area contributed by atoms with Crippen LogP contribution >= 0.6 is 0 Å². The molecule has 2 amide bonds. The number of aliphatic hydroxyl groups excluding tert-OH is 1. The lowest BCUT2D eigenvalue weighted by atomic mass is 10.1. The second-order valence-electron chi connectivity index (χ2n) is 9.74. The van der Waals surface area contributed by atoms with Crippen LogP contribution < -0.4 is 10.6 Å². The van der Waals surface area contributed by atoms with Crippen molar-refractivity contribution in [1.29, 1.82) is 0 Å². The third-order valence-electron chi connectivity index (χ3n) is 7.06. The number of benzene rings is 1. The molecule has 0 saturated heterocycles. The summed E-state index contributed by atoms with van der Waals surface area (Å²) in [5, 5.41) is 20.1. The van der Waals surface area contributed by atoms with Gasteiger partial charge in [0.25, 0.3) is 11.8 Å². The van der Waals surface area contributed by atoms with Gasteiger partial charge in [0.05, 0.1) is 11.9 Å². The summed E-state index contributed by atoms with van der Waals surface area (Å²) in [7, 11) is 0. The maximum atomic E-state index is 13.0. The molecule has 36 heavy (non-hydrogen) atoms. The first-order valence-electron chi connectivity index (χ1n) is 13.0. The standard InChI is InChI=1S/C27H33N5O4/c33-14-6-13-32-23(25(34)29-20-9-1-2-10-20)16-22(31-32)18-7-5-8-19(15-18)27-28-17-24(36-27)26(35)30-21-11-3-4-12-21/h5,7-8,15-17,20-21,33H,1-4,6,9-14H2,(H,29,34)(H,30,35). The summed E-state index contributed by atoms with van der Waals surface area (Å²) >= 11 is 0. The number of nitrogens with zero attached hydrogens (tertiary/aromatic N) is 3. The van der Waals surface area contributed by atoms with Gasteiger partial charge in [-0.2, -0.15) is 5.10 Å². The highest BCUT2D eigenvalue weighted by molar-refractivity contribution is 5.94. The molecule has 0 spiro atoms. The molecule has 0 bridgehead atoms. The number of aliphatic hydroxyl groups is 1. The van der Waals surface area contributed by atoms with E-state index in [0.717, 1.165) is 56.9 Å². The van der Waals surface area contributed by atoms with Crippen LogP contribution in [0.5, 0.6) is 0 Å². The molecule has 3 aromatic rings. The van der Waals surface area contributed by atoms with Gasteiger partial charge in [0.2, 0.25) is 11.7 Å². The molecule has 2 aliphatic carbocycles. The van der Waals surface area contributed by atoms with E-state index >= 15 is 0 Å². The van der Waals surface area contributed by atoms with Crippen molar-refractivity contribution in [1.82, 2.24) is 25.4 Å². The van der Waals surface area contributed by atoms with E-state index in [9.17, 15) is 14.7 Å². The molecule has 2 fully saturated rings. The van der Waals surface area contributed by atoms with Crippen LogP contribution in [0.1, 0.15) is 78.8 Å². The van der Waals surface area contributed by atoms with Gasteiger partial charge in [-0.3, -0.25) is 14.3 Å². The highest BCUT2D eigenvalue weighted by Gasteiger charge is 2.23. The predicted molar refractivity (Wildman–Crippen MR) is 134 cm³/mol. The highest BCUT2D eigenvalue weighted by atomic mass is 16.4. The van der Waals surface area contributed by atoms with E-state index in [-0.39, 0.29) is 36.3 Å². The Balaban J connectivity index is 1.35. The zero-order valence-corrected chi connectivity index (χ0v) is 20.4. The molecule has 2 heterocycles. The molecule has 9 heteroatoms. The van der Waals surface area contributed by atoms with Crippen LogP contribution in [0.4, 0.5) is 0 Å². The van der Waals surface area contributed by atoms with Gasteiger partial charge in [-0.25, -0.2) is 4.98 Å². The van der Waals surface area contributed by atoms with E-state index in [1.807, 2.05) is 24.3 Å². The Bertz CT molecular complexity index is 1200. The second-order valence-corrected chi connectivity index (χ2v) is 9.74. The Labute approximate surface area is 210 Å². The van der Waals surface area contributed by atoms with Crippen molar-refractivity contribution in [2.45, 2.75) is 76.4 Å². The molecular weight excluding hydrogens is 458 g/mol. The fourth-order valence-corrected chi connectivity index (χ4v) is 5.11. The third kappa shape index (κ3) is 5.51. The van der Waals surface area contributed by atoms with Crippen LogP contribution in [0.15, 0.2) is 40.9 Å². The van der Waals surface area contributed by atoms with Crippen LogP contribution in [0, 0.1) is 0 Å². The third-order valence-corrected chi connectivity index (χ3v) is 7.06. The van der Waals surface area contributed by atoms with Crippen molar-refractivity contribution in [2.75, 3.05) is 6.61 Å². The van der Waals surface area contributed by atoms with Crippen molar-refractivity contribution in [2.24, 2.45) is 0 Å². The number of aryl methyl sites for hydroxylation is 1. The number of carbonyl (C=O) groups is 2. The topological polar surface area (TPSA) is 122 Å². The number of oxazole rings is 1. The number of nitrogens with one attached hydrogen (secondary N) is 2. The Morgan fingerprint density at radius 1 is 0.972 bits per heavy atom. The zero-order chi connectivity index (χ0) is 24.9. The summed E-state index contributed by atoms with van der Waals surface area (Å²) in [6.45, 7) is 0.470. The van der Waals surface area contributed by atoms with Crippen molar-refractivity contribution in [3.63, 3.8) is 0 Å². The Morgan fingerprint density at radius 2 is 1.64 bits per heavy atom. The molecule has 0 aliphatic heterocycles. The van der Waals surface area contributed by atoms with Gasteiger partial charge in [-0.1, -0.05) is 37.8 Å². The van der Waals surface area contributed by atoms with Crippen molar-refractivity contribution < 1.29 is 19.1 Å². The first kappa shape index (κ1) is 24.2. The van der Waals surface area contributed by atoms with E-state index in [4.69, 9.17) is 4.42 Å². The van der Waals surface area contributed by atoms with Gasteiger partial charge in [-0.15, -0.1) is 0 Å². The average Bonchev–Trinajstić information content (AvgIpc) is 3.70. The van der Waals surface area contributed by atoms with Crippen LogP contribution in [0.25, 0.3) is 22.7 Å². The number of hydrogen-bond acceptors (Lipinski definition) is 6. The minimum atomic E-state index is -0.239. The van der Waals surface area contributed by atoms with Gasteiger partial charge < -0.3 is 20.2 Å². The number of hydrogen-bond donors (Lipinski definition) is 3. The highest BCUT2D eigenvalue weighted by Crippen LogP contribution is 2.27. The SMILES string of the molecule is O=C(NC1CCCC1)c1cnc(-c2cccc(-c3cc(C(=O)NC4CCCC4)n(CCCO)n3)c2)o1. The lowest BCUT2D eigenvalue weighted by Crippen LogP contribution is -2.34. The van der Waals surface area contributed by atoms with E-state index in [0.29, 0.717) is 35.8 Å². The zero-order valence-electron chi connectivity index (χ0n) is 20.4. The first-order valence-corrected chi connectivity index (χ1v) is 13.0. The Morgan fingerprint density at radius 3 is 2.33 bits per heavy atom. The van der Waals surface area contributed by atoms with E-state index in [1.54, 1.807) is 10.7 Å². The van der Waals surface area contributed by atoms with Gasteiger partial charge in [-0.05, 0) is 50.3 Å². The van der Waals surface area contributed by atoms with Crippen molar-refractivity contribution >= 4 is 11.8 Å². The monoisotopic (exact) mass is 491 g/mol. The number of aromatic nitrogens is 3. The van der Waals surface area contributed by atoms with E-state index in [1.165, 1.54) is 6.20 Å². The molecule has 2 saturated carbocycles. The van der Waals surface area contributed by atoms with E-state index in [2.05, 4.69) is 20.7 Å². The molecule has 190 valence electrons. The van der Waals surface area contributed by atoms with Crippen molar-refractivity contribution in [3.05, 3.63) is 48.0 Å². The predicted octanol–water partition coefficient (Wildman–Crippen LogP) is 3.93. The largest absolute Gasteiger partial charge is 0.431 e. The molecule has 2 aromatic heterocycles. The van der Waals surface area contributed by atoms with Gasteiger partial charge in [0, 0.05) is 36.4 Å². The molecule has 3 N–H and O–H groups in total. The van der Waals surface area contributed by atoms with Crippen LogP contribution in [-0.2, 0) is 6.54 Å². The first-order chi connectivity index (χ1) is 17.6. The lowest BCUT2D eigenvalue weighted by Gasteiger charge is -2.12. The molecule has 0 radical (unpaired) electrons.